The minimum Gasteiger partial charge on any atom is -0.752 e. The molecule has 8 heteroatoms. The summed E-state index contributed by atoms with van der Waals surface area (Å²) in [6.45, 7) is 0. The van der Waals surface area contributed by atoms with Crippen molar-refractivity contribution in [3.05, 3.63) is 0 Å². The average molecular weight is 207 g/mol. The molecule has 0 unspecified atom stereocenters. The maximum absolute atomic E-state index is 10.3. The molecule has 0 bridgehead atoms. The molecule has 0 atom stereocenters. The van der Waals surface area contributed by atoms with Crippen LogP contribution in [-0.4, -0.2) is 32.7 Å². The molecule has 0 saturated heterocycles. The topological polar surface area (TPSA) is 58.6 Å². The molecule has 12 heavy (non-hydrogen) atoms. The van der Waals surface area contributed by atoms with Gasteiger partial charge in [-0.2, -0.15) is 0 Å². The standard InChI is InChI=1S/C4H12N.F2HO4P/c1-5(2,3)4;1-5-7(3,4)6-2/h1-4H3;(H,3,4)/q+1;/p-1. The van der Waals surface area contributed by atoms with Crippen molar-refractivity contribution in [1.29, 1.82) is 0 Å². The molecule has 0 aromatic rings. The Kier molecular flexibility index (Phi) is 6.69. The zero-order valence-electron chi connectivity index (χ0n) is 7.28. The summed E-state index contributed by atoms with van der Waals surface area (Å²) >= 11 is 0. The van der Waals surface area contributed by atoms with Gasteiger partial charge in [0.25, 0.3) is 0 Å². The van der Waals surface area contributed by atoms with Crippen LogP contribution in [0.25, 0.3) is 0 Å². The Morgan fingerprint density at radius 2 is 1.33 bits per heavy atom. The number of quaternary nitrogens is 1. The lowest BCUT2D eigenvalue weighted by atomic mass is 10.8. The van der Waals surface area contributed by atoms with Crippen LogP contribution in [0.2, 0.25) is 0 Å². The van der Waals surface area contributed by atoms with Crippen LogP contribution < -0.4 is 4.89 Å². The Balaban J connectivity index is 0. The van der Waals surface area contributed by atoms with E-state index in [9.17, 15) is 18.5 Å². The highest BCUT2D eigenvalue weighted by Gasteiger charge is 2.07. The van der Waals surface area contributed by atoms with E-state index >= 15 is 0 Å². The van der Waals surface area contributed by atoms with Gasteiger partial charge in [0.15, 0.2) is 0 Å². The zero-order valence-corrected chi connectivity index (χ0v) is 8.18. The van der Waals surface area contributed by atoms with Gasteiger partial charge in [-0.15, -0.1) is 9.46 Å². The molecule has 0 amide bonds. The number of rotatable bonds is 2. The Morgan fingerprint density at radius 3 is 1.33 bits per heavy atom. The van der Waals surface area contributed by atoms with Gasteiger partial charge in [0.2, 0.25) is 0 Å². The van der Waals surface area contributed by atoms with Gasteiger partial charge < -0.3 is 9.38 Å². The molecule has 0 aliphatic rings. The number of halogens is 2. The maximum Gasteiger partial charge on any atom is 0.337 e. The van der Waals surface area contributed by atoms with Crippen molar-refractivity contribution in [2.24, 2.45) is 0 Å². The van der Waals surface area contributed by atoms with Gasteiger partial charge in [0.05, 0.1) is 28.2 Å². The first-order chi connectivity index (χ1) is 5.12. The van der Waals surface area contributed by atoms with Crippen molar-refractivity contribution < 1.29 is 32.5 Å². The Hall–Kier alpha value is -0.0700. The summed E-state index contributed by atoms with van der Waals surface area (Å²) in [6, 6.07) is 0. The summed E-state index contributed by atoms with van der Waals surface area (Å²) in [6.07, 6.45) is 0. The van der Waals surface area contributed by atoms with Gasteiger partial charge in [0.1, 0.15) is 0 Å². The lowest BCUT2D eigenvalue weighted by molar-refractivity contribution is -0.849. The zero-order chi connectivity index (χ0) is 10.4. The van der Waals surface area contributed by atoms with E-state index in [0.717, 1.165) is 4.48 Å². The van der Waals surface area contributed by atoms with E-state index in [4.69, 9.17) is 0 Å². The molecule has 0 aliphatic carbocycles. The molecular weight excluding hydrogens is 195 g/mol. The van der Waals surface area contributed by atoms with Gasteiger partial charge in [-0.25, -0.2) is 0 Å². The third kappa shape index (κ3) is 22.5. The first-order valence-corrected chi connectivity index (χ1v) is 4.29. The van der Waals surface area contributed by atoms with Gasteiger partial charge in [-0.1, -0.05) is 0 Å². The SMILES string of the molecule is C[N+](C)(C)C.O=P([O-])(OF)OF. The van der Waals surface area contributed by atoms with Crippen LogP contribution >= 0.6 is 7.82 Å². The minimum absolute atomic E-state index is 1.00. The molecule has 0 spiro atoms. The van der Waals surface area contributed by atoms with Crippen LogP contribution in [0, 0.1) is 0 Å². The van der Waals surface area contributed by atoms with E-state index in [1.54, 1.807) is 0 Å². The second kappa shape index (κ2) is 5.55. The molecule has 0 aromatic heterocycles. The monoisotopic (exact) mass is 207 g/mol. The highest BCUT2D eigenvalue weighted by Crippen LogP contribution is 2.38. The first-order valence-electron chi connectivity index (χ1n) is 2.83. The smallest absolute Gasteiger partial charge is 0.337 e. The molecule has 0 aliphatic heterocycles. The summed E-state index contributed by atoms with van der Waals surface area (Å²) < 4.78 is 34.8. The predicted octanol–water partition coefficient (Wildman–Crippen LogP) is 0.579. The summed E-state index contributed by atoms with van der Waals surface area (Å²) in [5.74, 6) is 0. The third-order valence-electron chi connectivity index (χ3n) is 0.169. The van der Waals surface area contributed by atoms with Crippen LogP contribution in [0.1, 0.15) is 0 Å². The van der Waals surface area contributed by atoms with Crippen LogP contribution in [0.3, 0.4) is 0 Å². The second-order valence-electron chi connectivity index (χ2n) is 3.27. The Bertz CT molecular complexity index is 146. The molecule has 0 heterocycles. The summed E-state index contributed by atoms with van der Waals surface area (Å²) in [5.41, 5.74) is 0. The number of nitrogens with zero attached hydrogens (tertiary/aromatic N) is 1. The molecule has 5 nitrogen and oxygen atoms in total. The molecule has 0 saturated carbocycles. The van der Waals surface area contributed by atoms with Gasteiger partial charge in [-0.05, 0) is 9.05 Å². The predicted molar refractivity (Wildman–Crippen MR) is 35.9 cm³/mol. The lowest BCUT2D eigenvalue weighted by Crippen LogP contribution is -2.27. The molecular formula is C4H12F2NO4P. The summed E-state index contributed by atoms with van der Waals surface area (Å²) in [4.78, 5) is 9.20. The van der Waals surface area contributed by atoms with Crippen molar-refractivity contribution in [3.63, 3.8) is 0 Å². The van der Waals surface area contributed by atoms with Crippen molar-refractivity contribution in [2.45, 2.75) is 0 Å². The normalized spacial score (nSPS) is 11.9. The number of hydrogen-bond donors (Lipinski definition) is 0. The molecule has 0 aromatic carbocycles. The minimum atomic E-state index is -5.24. The quantitative estimate of drug-likeness (QED) is 0.490. The van der Waals surface area contributed by atoms with E-state index in [0.29, 0.717) is 0 Å². The van der Waals surface area contributed by atoms with Crippen LogP contribution in [-0.2, 0) is 14.0 Å². The highest BCUT2D eigenvalue weighted by atomic mass is 31.2. The Labute approximate surface area is 69.5 Å². The molecule has 0 rings (SSSR count). The lowest BCUT2D eigenvalue weighted by Gasteiger charge is -2.14. The molecule has 0 fully saturated rings. The van der Waals surface area contributed by atoms with Crippen LogP contribution in [0.4, 0.5) is 9.05 Å². The van der Waals surface area contributed by atoms with Crippen LogP contribution in [0.15, 0.2) is 0 Å². The second-order valence-corrected chi connectivity index (χ2v) is 4.44. The van der Waals surface area contributed by atoms with E-state index in [2.05, 4.69) is 28.2 Å². The summed E-state index contributed by atoms with van der Waals surface area (Å²) in [5, 5.41) is 0. The maximum atomic E-state index is 10.3. The molecule has 0 radical (unpaired) electrons. The van der Waals surface area contributed by atoms with Crippen molar-refractivity contribution in [2.75, 3.05) is 28.2 Å². The van der Waals surface area contributed by atoms with Gasteiger partial charge in [0, 0.05) is 0 Å². The van der Waals surface area contributed by atoms with Gasteiger partial charge in [-0.3, -0.25) is 4.57 Å². The average Bonchev–Trinajstić information content (AvgIpc) is 1.85. The number of hydrogen-bond acceptors (Lipinski definition) is 4. The largest absolute Gasteiger partial charge is 0.752 e. The fraction of sp³-hybridized carbons (Fsp3) is 1.00. The van der Waals surface area contributed by atoms with Crippen molar-refractivity contribution >= 4 is 7.82 Å². The molecule has 0 N–H and O–H groups in total. The van der Waals surface area contributed by atoms with E-state index < -0.39 is 7.82 Å². The van der Waals surface area contributed by atoms with Gasteiger partial charge >= 0.3 is 7.82 Å². The molecule has 76 valence electrons. The number of phosphoric acid groups is 1. The van der Waals surface area contributed by atoms with Crippen molar-refractivity contribution in [3.8, 4) is 0 Å². The first kappa shape index (κ1) is 14.5. The third-order valence-corrected chi connectivity index (χ3v) is 0.507. The van der Waals surface area contributed by atoms with E-state index in [1.165, 1.54) is 0 Å². The Morgan fingerprint density at radius 1 is 1.17 bits per heavy atom. The summed E-state index contributed by atoms with van der Waals surface area (Å²) in [7, 11) is 3.26. The highest BCUT2D eigenvalue weighted by molar-refractivity contribution is 7.45. The van der Waals surface area contributed by atoms with Crippen LogP contribution in [0.5, 0.6) is 0 Å². The van der Waals surface area contributed by atoms with E-state index in [1.807, 2.05) is 9.46 Å². The fourth-order valence-corrected chi connectivity index (χ4v) is 0.0319. The van der Waals surface area contributed by atoms with E-state index in [-0.39, 0.29) is 0 Å². The fourth-order valence-electron chi connectivity index (χ4n) is 0.0106. The van der Waals surface area contributed by atoms with Crippen molar-refractivity contribution in [1.82, 2.24) is 0 Å².